The van der Waals surface area contributed by atoms with Gasteiger partial charge in [0.1, 0.15) is 0 Å². The van der Waals surface area contributed by atoms with E-state index in [-0.39, 0.29) is 26.3 Å². The highest BCUT2D eigenvalue weighted by molar-refractivity contribution is 7.89. The highest BCUT2D eigenvalue weighted by Crippen LogP contribution is 2.15. The van der Waals surface area contributed by atoms with E-state index >= 15 is 0 Å². The van der Waals surface area contributed by atoms with Crippen LogP contribution in [0.1, 0.15) is 6.92 Å². The fourth-order valence-electron chi connectivity index (χ4n) is 1.47. The molecule has 1 heterocycles. The summed E-state index contributed by atoms with van der Waals surface area (Å²) >= 11 is 0. The van der Waals surface area contributed by atoms with E-state index in [4.69, 9.17) is 15.6 Å². The van der Waals surface area contributed by atoms with Crippen molar-refractivity contribution in [2.75, 3.05) is 32.9 Å². The summed E-state index contributed by atoms with van der Waals surface area (Å²) in [5.74, 6) is 0. The summed E-state index contributed by atoms with van der Waals surface area (Å²) in [7, 11) is -3.41. The molecule has 90 valence electrons. The summed E-state index contributed by atoms with van der Waals surface area (Å²) in [6, 6.07) is -0.474. The van der Waals surface area contributed by atoms with Gasteiger partial charge in [-0.2, -0.15) is 4.31 Å². The molecule has 1 aliphatic rings. The van der Waals surface area contributed by atoms with E-state index in [1.165, 1.54) is 4.31 Å². The van der Waals surface area contributed by atoms with Crippen LogP contribution >= 0.6 is 0 Å². The first-order valence-corrected chi connectivity index (χ1v) is 6.43. The lowest BCUT2D eigenvalue weighted by molar-refractivity contribution is 0.0106. The van der Waals surface area contributed by atoms with Crippen molar-refractivity contribution in [2.24, 2.45) is 5.73 Å². The van der Waals surface area contributed by atoms with Crippen molar-refractivity contribution in [1.82, 2.24) is 4.31 Å². The largest absolute Gasteiger partial charge is 0.395 e. The lowest BCUT2D eigenvalue weighted by Gasteiger charge is -2.34. The first-order chi connectivity index (χ1) is 7.04. The molecule has 0 aromatic heterocycles. The maximum atomic E-state index is 12.0. The maximum Gasteiger partial charge on any atom is 0.218 e. The molecule has 0 bridgehead atoms. The fourth-order valence-corrected chi connectivity index (χ4v) is 3.05. The second kappa shape index (κ2) is 5.22. The summed E-state index contributed by atoms with van der Waals surface area (Å²) in [6.07, 6.45) is 0. The van der Waals surface area contributed by atoms with E-state index in [0.29, 0.717) is 6.61 Å². The number of rotatable bonds is 4. The van der Waals surface area contributed by atoms with Gasteiger partial charge in [-0.05, 0) is 6.92 Å². The second-order valence-corrected chi connectivity index (χ2v) is 5.92. The molecular weight excluding hydrogens is 220 g/mol. The Balaban J connectivity index is 2.83. The van der Waals surface area contributed by atoms with Crippen LogP contribution in [0, 0.1) is 0 Å². The third kappa shape index (κ3) is 2.67. The van der Waals surface area contributed by atoms with Crippen molar-refractivity contribution in [3.8, 4) is 0 Å². The van der Waals surface area contributed by atoms with E-state index in [2.05, 4.69) is 0 Å². The quantitative estimate of drug-likeness (QED) is 0.612. The van der Waals surface area contributed by atoms with Crippen LogP contribution in [-0.2, 0) is 14.8 Å². The summed E-state index contributed by atoms with van der Waals surface area (Å²) in [5.41, 5.74) is 5.35. The zero-order valence-electron chi connectivity index (χ0n) is 8.80. The Kier molecular flexibility index (Phi) is 4.47. The van der Waals surface area contributed by atoms with Gasteiger partial charge in [0.25, 0.3) is 0 Å². The van der Waals surface area contributed by atoms with Crippen LogP contribution in [0.3, 0.4) is 0 Å². The van der Waals surface area contributed by atoms with Gasteiger partial charge in [-0.3, -0.25) is 0 Å². The molecule has 0 saturated carbocycles. The van der Waals surface area contributed by atoms with Crippen LogP contribution < -0.4 is 5.73 Å². The molecule has 0 aliphatic carbocycles. The van der Waals surface area contributed by atoms with E-state index in [1.54, 1.807) is 6.92 Å². The van der Waals surface area contributed by atoms with Crippen molar-refractivity contribution in [3.05, 3.63) is 0 Å². The summed E-state index contributed by atoms with van der Waals surface area (Å²) in [4.78, 5) is 0. The topological polar surface area (TPSA) is 92.9 Å². The van der Waals surface area contributed by atoms with Crippen molar-refractivity contribution in [1.29, 1.82) is 0 Å². The summed E-state index contributed by atoms with van der Waals surface area (Å²) in [5, 5.41) is 8.44. The number of morpholine rings is 1. The molecule has 3 N–H and O–H groups in total. The monoisotopic (exact) mass is 238 g/mol. The lowest BCUT2D eigenvalue weighted by Crippen LogP contribution is -2.53. The van der Waals surface area contributed by atoms with Crippen molar-refractivity contribution in [3.63, 3.8) is 0 Å². The molecule has 1 fully saturated rings. The van der Waals surface area contributed by atoms with Gasteiger partial charge in [0, 0.05) is 13.1 Å². The first-order valence-electron chi connectivity index (χ1n) is 4.93. The summed E-state index contributed by atoms with van der Waals surface area (Å²) in [6.45, 7) is 2.32. The van der Waals surface area contributed by atoms with Crippen LogP contribution in [-0.4, -0.2) is 62.0 Å². The van der Waals surface area contributed by atoms with Gasteiger partial charge < -0.3 is 15.6 Å². The number of sulfonamides is 1. The SMILES string of the molecule is CC(CN)S(=O)(=O)N1CCOCC1CO. The molecule has 2 unspecified atom stereocenters. The molecule has 15 heavy (non-hydrogen) atoms. The van der Waals surface area contributed by atoms with Gasteiger partial charge in [0.15, 0.2) is 0 Å². The molecule has 6 nitrogen and oxygen atoms in total. The minimum absolute atomic E-state index is 0.0812. The Morgan fingerprint density at radius 2 is 2.33 bits per heavy atom. The number of ether oxygens (including phenoxy) is 1. The lowest BCUT2D eigenvalue weighted by atomic mass is 10.3. The van der Waals surface area contributed by atoms with Gasteiger partial charge >= 0.3 is 0 Å². The third-order valence-corrected chi connectivity index (χ3v) is 4.90. The molecule has 7 heteroatoms. The Morgan fingerprint density at radius 1 is 1.67 bits per heavy atom. The molecule has 1 saturated heterocycles. The van der Waals surface area contributed by atoms with Crippen LogP contribution in [0.2, 0.25) is 0 Å². The third-order valence-electron chi connectivity index (χ3n) is 2.55. The molecule has 2 atom stereocenters. The van der Waals surface area contributed by atoms with Crippen molar-refractivity contribution < 1.29 is 18.3 Å². The Labute approximate surface area is 90.1 Å². The number of hydrogen-bond donors (Lipinski definition) is 2. The second-order valence-electron chi connectivity index (χ2n) is 3.61. The van der Waals surface area contributed by atoms with Crippen molar-refractivity contribution in [2.45, 2.75) is 18.2 Å². The van der Waals surface area contributed by atoms with Gasteiger partial charge in [-0.15, -0.1) is 0 Å². The first kappa shape index (κ1) is 12.9. The van der Waals surface area contributed by atoms with E-state index in [0.717, 1.165) is 0 Å². The number of nitrogens with two attached hydrogens (primary N) is 1. The van der Waals surface area contributed by atoms with Crippen LogP contribution in [0.25, 0.3) is 0 Å². The smallest absolute Gasteiger partial charge is 0.218 e. The molecular formula is C8H18N2O4S. The predicted molar refractivity (Wildman–Crippen MR) is 55.8 cm³/mol. The molecule has 0 spiro atoms. The number of hydrogen-bond acceptors (Lipinski definition) is 5. The van der Waals surface area contributed by atoms with Crippen molar-refractivity contribution >= 4 is 10.0 Å². The molecule has 1 aliphatic heterocycles. The molecule has 0 amide bonds. The van der Waals surface area contributed by atoms with Crippen LogP contribution in [0.4, 0.5) is 0 Å². The standard InChI is InChI=1S/C8H18N2O4S/c1-7(4-9)15(12,13)10-2-3-14-6-8(10)5-11/h7-8,11H,2-6,9H2,1H3. The zero-order valence-corrected chi connectivity index (χ0v) is 9.61. The van der Waals surface area contributed by atoms with Gasteiger partial charge in [0.05, 0.1) is 31.1 Å². The van der Waals surface area contributed by atoms with Gasteiger partial charge in [-0.1, -0.05) is 0 Å². The predicted octanol–water partition coefficient (Wildman–Crippen LogP) is -1.64. The fraction of sp³-hybridized carbons (Fsp3) is 1.00. The van der Waals surface area contributed by atoms with Gasteiger partial charge in [0.2, 0.25) is 10.0 Å². The Hall–Kier alpha value is -0.210. The number of aliphatic hydroxyl groups is 1. The molecule has 0 aromatic rings. The minimum Gasteiger partial charge on any atom is -0.395 e. The molecule has 1 rings (SSSR count). The molecule has 0 aromatic carbocycles. The number of nitrogens with zero attached hydrogens (tertiary/aromatic N) is 1. The van der Waals surface area contributed by atoms with Gasteiger partial charge in [-0.25, -0.2) is 8.42 Å². The Bertz CT molecular complexity index is 293. The van der Waals surface area contributed by atoms with E-state index in [9.17, 15) is 8.42 Å². The minimum atomic E-state index is -3.41. The van der Waals surface area contributed by atoms with Crippen LogP contribution in [0.5, 0.6) is 0 Å². The Morgan fingerprint density at radius 3 is 2.87 bits per heavy atom. The average molecular weight is 238 g/mol. The maximum absolute atomic E-state index is 12.0. The highest BCUT2D eigenvalue weighted by Gasteiger charge is 2.35. The van der Waals surface area contributed by atoms with E-state index in [1.807, 2.05) is 0 Å². The highest BCUT2D eigenvalue weighted by atomic mass is 32.2. The number of aliphatic hydroxyl groups excluding tert-OH is 1. The average Bonchev–Trinajstić information content (AvgIpc) is 2.27. The van der Waals surface area contributed by atoms with Crippen LogP contribution in [0.15, 0.2) is 0 Å². The summed E-state index contributed by atoms with van der Waals surface area (Å²) < 4.78 is 30.3. The zero-order chi connectivity index (χ0) is 11.5. The molecule has 0 radical (unpaired) electrons. The van der Waals surface area contributed by atoms with E-state index < -0.39 is 21.3 Å². The normalized spacial score (nSPS) is 26.5.